The zero-order valence-corrected chi connectivity index (χ0v) is 13.2. The highest BCUT2D eigenvalue weighted by Crippen LogP contribution is 2.29. The highest BCUT2D eigenvalue weighted by atomic mass is 16.5. The number of rotatable bonds is 6. The molecule has 0 saturated heterocycles. The number of ether oxygens (including phenoxy) is 1. The van der Waals surface area contributed by atoms with E-state index >= 15 is 0 Å². The number of nitrogens with zero attached hydrogens (tertiary/aromatic N) is 1. The van der Waals surface area contributed by atoms with E-state index in [-0.39, 0.29) is 19.2 Å². The molecule has 0 aliphatic rings. The van der Waals surface area contributed by atoms with Crippen molar-refractivity contribution < 1.29 is 19.1 Å². The summed E-state index contributed by atoms with van der Waals surface area (Å²) >= 11 is 0. The SMILES string of the molecule is CCOC(=O)C(C(=O)N(CC(N)=O)C(C)C)C(C)(C)C. The Balaban J connectivity index is 5.39. The first-order valence-electron chi connectivity index (χ1n) is 6.77. The molecule has 0 bridgehead atoms. The van der Waals surface area contributed by atoms with Crippen molar-refractivity contribution in [1.29, 1.82) is 0 Å². The monoisotopic (exact) mass is 286 g/mol. The first-order chi connectivity index (χ1) is 9.02. The fraction of sp³-hybridized carbons (Fsp3) is 0.786. The van der Waals surface area contributed by atoms with E-state index in [0.29, 0.717) is 0 Å². The van der Waals surface area contributed by atoms with Gasteiger partial charge in [0, 0.05) is 6.04 Å². The second kappa shape index (κ2) is 7.26. The largest absolute Gasteiger partial charge is 0.465 e. The van der Waals surface area contributed by atoms with Gasteiger partial charge in [-0.3, -0.25) is 14.4 Å². The van der Waals surface area contributed by atoms with Gasteiger partial charge in [-0.25, -0.2) is 0 Å². The van der Waals surface area contributed by atoms with Gasteiger partial charge in [-0.2, -0.15) is 0 Å². The van der Waals surface area contributed by atoms with E-state index in [4.69, 9.17) is 10.5 Å². The maximum atomic E-state index is 12.6. The highest BCUT2D eigenvalue weighted by Gasteiger charge is 2.42. The van der Waals surface area contributed by atoms with Crippen LogP contribution in [0.3, 0.4) is 0 Å². The van der Waals surface area contributed by atoms with Gasteiger partial charge in [0.1, 0.15) is 5.92 Å². The zero-order chi connectivity index (χ0) is 16.1. The quantitative estimate of drug-likeness (QED) is 0.581. The van der Waals surface area contributed by atoms with Crippen LogP contribution in [-0.2, 0) is 19.1 Å². The average molecular weight is 286 g/mol. The molecule has 0 saturated carbocycles. The third-order valence-corrected chi connectivity index (χ3v) is 2.87. The van der Waals surface area contributed by atoms with Crippen LogP contribution in [0, 0.1) is 11.3 Å². The van der Waals surface area contributed by atoms with Crippen molar-refractivity contribution in [3.05, 3.63) is 0 Å². The Labute approximate surface area is 120 Å². The van der Waals surface area contributed by atoms with Crippen molar-refractivity contribution in [3.8, 4) is 0 Å². The Morgan fingerprint density at radius 3 is 2.00 bits per heavy atom. The van der Waals surface area contributed by atoms with Gasteiger partial charge in [0.25, 0.3) is 0 Å². The van der Waals surface area contributed by atoms with Gasteiger partial charge in [-0.1, -0.05) is 20.8 Å². The molecular weight excluding hydrogens is 260 g/mol. The smallest absolute Gasteiger partial charge is 0.319 e. The van der Waals surface area contributed by atoms with Crippen LogP contribution in [0.5, 0.6) is 0 Å². The molecule has 20 heavy (non-hydrogen) atoms. The highest BCUT2D eigenvalue weighted by molar-refractivity contribution is 5.99. The van der Waals surface area contributed by atoms with Gasteiger partial charge in [0.15, 0.2) is 0 Å². The summed E-state index contributed by atoms with van der Waals surface area (Å²) in [6.45, 7) is 10.6. The van der Waals surface area contributed by atoms with Crippen LogP contribution in [-0.4, -0.2) is 41.9 Å². The molecule has 1 unspecified atom stereocenters. The summed E-state index contributed by atoms with van der Waals surface area (Å²) in [4.78, 5) is 37.1. The second-order valence-electron chi connectivity index (χ2n) is 6.08. The Kier molecular flexibility index (Phi) is 6.68. The fourth-order valence-corrected chi connectivity index (χ4v) is 1.90. The molecule has 0 radical (unpaired) electrons. The van der Waals surface area contributed by atoms with Crippen LogP contribution < -0.4 is 5.73 Å². The van der Waals surface area contributed by atoms with Crippen LogP contribution >= 0.6 is 0 Å². The summed E-state index contributed by atoms with van der Waals surface area (Å²) in [7, 11) is 0. The molecule has 0 rings (SSSR count). The Morgan fingerprint density at radius 2 is 1.70 bits per heavy atom. The minimum atomic E-state index is -0.954. The normalized spacial score (nSPS) is 12.9. The van der Waals surface area contributed by atoms with Gasteiger partial charge >= 0.3 is 5.97 Å². The first kappa shape index (κ1) is 18.4. The summed E-state index contributed by atoms with van der Waals surface area (Å²) in [6, 6.07) is -0.228. The third-order valence-electron chi connectivity index (χ3n) is 2.87. The number of primary amides is 1. The van der Waals surface area contributed by atoms with E-state index in [1.165, 1.54) is 4.90 Å². The van der Waals surface area contributed by atoms with Gasteiger partial charge in [-0.05, 0) is 26.2 Å². The Bertz CT molecular complexity index is 372. The molecular formula is C14H26N2O4. The molecule has 6 nitrogen and oxygen atoms in total. The lowest BCUT2D eigenvalue weighted by molar-refractivity contribution is -0.162. The molecule has 116 valence electrons. The second-order valence-corrected chi connectivity index (χ2v) is 6.08. The summed E-state index contributed by atoms with van der Waals surface area (Å²) in [5.41, 5.74) is 4.56. The standard InChI is InChI=1S/C14H26N2O4/c1-7-20-13(19)11(14(4,5)6)12(18)16(9(2)3)8-10(15)17/h9,11H,7-8H2,1-6H3,(H2,15,17). The molecule has 1 atom stereocenters. The summed E-state index contributed by atoms with van der Waals surface area (Å²) in [5.74, 6) is -2.56. The van der Waals surface area contributed by atoms with Crippen LogP contribution in [0.25, 0.3) is 0 Å². The molecule has 0 heterocycles. The maximum Gasteiger partial charge on any atom is 0.319 e. The van der Waals surface area contributed by atoms with Crippen molar-refractivity contribution in [2.45, 2.75) is 47.6 Å². The van der Waals surface area contributed by atoms with E-state index in [2.05, 4.69) is 0 Å². The number of carbonyl (C=O) groups excluding carboxylic acids is 3. The molecule has 0 aliphatic carbocycles. The lowest BCUT2D eigenvalue weighted by Crippen LogP contribution is -2.50. The van der Waals surface area contributed by atoms with Gasteiger partial charge < -0.3 is 15.4 Å². The number of esters is 1. The fourth-order valence-electron chi connectivity index (χ4n) is 1.90. The molecule has 0 fully saturated rings. The van der Waals surface area contributed by atoms with E-state index < -0.39 is 29.1 Å². The minimum absolute atomic E-state index is 0.205. The molecule has 0 aromatic heterocycles. The summed E-state index contributed by atoms with van der Waals surface area (Å²) < 4.78 is 4.98. The molecule has 2 N–H and O–H groups in total. The Morgan fingerprint density at radius 1 is 1.20 bits per heavy atom. The van der Waals surface area contributed by atoms with Crippen LogP contribution in [0.2, 0.25) is 0 Å². The Hall–Kier alpha value is -1.59. The number of hydrogen-bond acceptors (Lipinski definition) is 4. The molecule has 6 heteroatoms. The van der Waals surface area contributed by atoms with E-state index in [9.17, 15) is 14.4 Å². The van der Waals surface area contributed by atoms with Crippen molar-refractivity contribution in [2.75, 3.05) is 13.2 Å². The maximum absolute atomic E-state index is 12.6. The van der Waals surface area contributed by atoms with E-state index in [1.54, 1.807) is 41.5 Å². The predicted molar refractivity (Wildman–Crippen MR) is 75.6 cm³/mol. The topological polar surface area (TPSA) is 89.7 Å². The summed E-state index contributed by atoms with van der Waals surface area (Å²) in [5, 5.41) is 0. The van der Waals surface area contributed by atoms with Crippen molar-refractivity contribution in [1.82, 2.24) is 4.90 Å². The van der Waals surface area contributed by atoms with E-state index in [1.807, 2.05) is 0 Å². The first-order valence-corrected chi connectivity index (χ1v) is 6.77. The molecule has 0 spiro atoms. The lowest BCUT2D eigenvalue weighted by atomic mass is 9.79. The minimum Gasteiger partial charge on any atom is -0.465 e. The van der Waals surface area contributed by atoms with Gasteiger partial charge in [0.05, 0.1) is 13.2 Å². The van der Waals surface area contributed by atoms with Crippen LogP contribution in [0.15, 0.2) is 0 Å². The summed E-state index contributed by atoms with van der Waals surface area (Å²) in [6.07, 6.45) is 0. The predicted octanol–water partition coefficient (Wildman–Crippen LogP) is 0.934. The van der Waals surface area contributed by atoms with Gasteiger partial charge in [-0.15, -0.1) is 0 Å². The van der Waals surface area contributed by atoms with Crippen LogP contribution in [0.1, 0.15) is 41.5 Å². The zero-order valence-electron chi connectivity index (χ0n) is 13.2. The van der Waals surface area contributed by atoms with Gasteiger partial charge in [0.2, 0.25) is 11.8 Å². The van der Waals surface area contributed by atoms with Crippen LogP contribution in [0.4, 0.5) is 0 Å². The number of carbonyl (C=O) groups is 3. The molecule has 0 aromatic rings. The third kappa shape index (κ3) is 5.19. The lowest BCUT2D eigenvalue weighted by Gasteiger charge is -2.34. The van der Waals surface area contributed by atoms with Crippen molar-refractivity contribution in [3.63, 3.8) is 0 Å². The van der Waals surface area contributed by atoms with Crippen molar-refractivity contribution in [2.24, 2.45) is 17.1 Å². The molecule has 2 amide bonds. The van der Waals surface area contributed by atoms with Crippen molar-refractivity contribution >= 4 is 17.8 Å². The molecule has 0 aromatic carbocycles. The number of nitrogens with two attached hydrogens (primary N) is 1. The van der Waals surface area contributed by atoms with E-state index in [0.717, 1.165) is 0 Å². The number of hydrogen-bond donors (Lipinski definition) is 1. The average Bonchev–Trinajstić information content (AvgIpc) is 2.23. The molecule has 0 aliphatic heterocycles. The number of amides is 2.